The second-order valence-electron chi connectivity index (χ2n) is 9.55. The van der Waals surface area contributed by atoms with E-state index in [0.29, 0.717) is 31.4 Å². The molecule has 4 aliphatic rings. The number of esters is 1. The molecule has 4 rings (SSSR count). The summed E-state index contributed by atoms with van der Waals surface area (Å²) in [5.74, 6) is -0.360. The molecule has 2 saturated carbocycles. The summed E-state index contributed by atoms with van der Waals surface area (Å²) in [6.07, 6.45) is 2.67. The van der Waals surface area contributed by atoms with Crippen molar-refractivity contribution in [3.63, 3.8) is 0 Å². The lowest BCUT2D eigenvalue weighted by Gasteiger charge is -2.61. The van der Waals surface area contributed by atoms with Crippen LogP contribution in [0.15, 0.2) is 11.6 Å². The van der Waals surface area contributed by atoms with Gasteiger partial charge in [-0.2, -0.15) is 0 Å². The zero-order valence-electron chi connectivity index (χ0n) is 15.8. The third kappa shape index (κ3) is 2.49. The van der Waals surface area contributed by atoms with Crippen molar-refractivity contribution in [3.05, 3.63) is 11.6 Å². The van der Waals surface area contributed by atoms with Crippen LogP contribution in [0.2, 0.25) is 0 Å². The van der Waals surface area contributed by atoms with Gasteiger partial charge < -0.3 is 24.8 Å². The predicted octanol–water partition coefficient (Wildman–Crippen LogP) is 1.17. The van der Waals surface area contributed by atoms with E-state index in [1.54, 1.807) is 0 Å². The van der Waals surface area contributed by atoms with Crippen molar-refractivity contribution in [2.45, 2.75) is 70.4 Å². The Morgan fingerprint density at radius 3 is 2.50 bits per heavy atom. The van der Waals surface area contributed by atoms with Crippen LogP contribution in [0.3, 0.4) is 0 Å². The molecule has 6 nitrogen and oxygen atoms in total. The Kier molecular flexibility index (Phi) is 4.09. The van der Waals surface area contributed by atoms with Crippen molar-refractivity contribution in [3.8, 4) is 0 Å². The summed E-state index contributed by atoms with van der Waals surface area (Å²) < 4.78 is 10.8. The van der Waals surface area contributed by atoms with Crippen LogP contribution >= 0.6 is 0 Å². The van der Waals surface area contributed by atoms with E-state index in [1.165, 1.54) is 0 Å². The van der Waals surface area contributed by atoms with Gasteiger partial charge in [-0.15, -0.1) is 0 Å². The minimum atomic E-state index is -0.860. The van der Waals surface area contributed by atoms with Gasteiger partial charge in [0, 0.05) is 6.42 Å². The lowest BCUT2D eigenvalue weighted by Crippen LogP contribution is -2.63. The molecule has 1 spiro atoms. The number of hydrogen-bond acceptors (Lipinski definition) is 6. The van der Waals surface area contributed by atoms with Crippen LogP contribution in [0.4, 0.5) is 0 Å². The van der Waals surface area contributed by atoms with E-state index in [-0.39, 0.29) is 34.9 Å². The molecule has 6 heteroatoms. The second kappa shape index (κ2) is 5.77. The molecule has 2 heterocycles. The number of aliphatic hydroxyl groups excluding tert-OH is 3. The van der Waals surface area contributed by atoms with Gasteiger partial charge in [0.15, 0.2) is 0 Å². The van der Waals surface area contributed by atoms with Crippen LogP contribution in [0.25, 0.3) is 0 Å². The number of allylic oxidation sites excluding steroid dienone is 1. The zero-order valence-corrected chi connectivity index (χ0v) is 15.8. The molecule has 0 aromatic carbocycles. The van der Waals surface area contributed by atoms with Crippen LogP contribution in [-0.2, 0) is 14.3 Å². The van der Waals surface area contributed by atoms with Gasteiger partial charge in [0.1, 0.15) is 12.7 Å². The predicted molar refractivity (Wildman–Crippen MR) is 93.1 cm³/mol. The minimum absolute atomic E-state index is 0.0226. The normalized spacial score (nSPS) is 51.4. The van der Waals surface area contributed by atoms with Gasteiger partial charge in [0.25, 0.3) is 0 Å². The average Bonchev–Trinajstić information content (AvgIpc) is 3.23. The zero-order chi connectivity index (χ0) is 18.9. The molecule has 0 amide bonds. The van der Waals surface area contributed by atoms with E-state index in [0.717, 1.165) is 6.42 Å². The average molecular weight is 366 g/mol. The van der Waals surface area contributed by atoms with Gasteiger partial charge in [-0.1, -0.05) is 26.8 Å². The van der Waals surface area contributed by atoms with Crippen molar-refractivity contribution in [2.75, 3.05) is 13.2 Å². The maximum Gasteiger partial charge on any atom is 0.336 e. The summed E-state index contributed by atoms with van der Waals surface area (Å²) in [6.45, 7) is 6.93. The number of rotatable bonds is 2. The number of ether oxygens (including phenoxy) is 2. The molecule has 7 unspecified atom stereocenters. The summed E-state index contributed by atoms with van der Waals surface area (Å²) in [6, 6.07) is 0. The molecule has 0 aromatic heterocycles. The van der Waals surface area contributed by atoms with E-state index in [4.69, 9.17) is 9.47 Å². The van der Waals surface area contributed by atoms with E-state index in [1.807, 2.05) is 19.9 Å². The summed E-state index contributed by atoms with van der Waals surface area (Å²) in [7, 11) is 0. The fourth-order valence-electron chi connectivity index (χ4n) is 6.40. The highest BCUT2D eigenvalue weighted by Gasteiger charge is 2.68. The van der Waals surface area contributed by atoms with E-state index in [9.17, 15) is 20.1 Å². The summed E-state index contributed by atoms with van der Waals surface area (Å²) >= 11 is 0. The maximum atomic E-state index is 11.8. The van der Waals surface area contributed by atoms with Gasteiger partial charge in [-0.25, -0.2) is 4.79 Å². The van der Waals surface area contributed by atoms with Crippen LogP contribution < -0.4 is 0 Å². The van der Waals surface area contributed by atoms with Crippen molar-refractivity contribution in [1.82, 2.24) is 0 Å². The summed E-state index contributed by atoms with van der Waals surface area (Å²) in [4.78, 5) is 11.8. The number of fused-ring (bicyclic) bond motifs is 1. The van der Waals surface area contributed by atoms with Crippen molar-refractivity contribution >= 4 is 5.97 Å². The van der Waals surface area contributed by atoms with Crippen LogP contribution in [0.5, 0.6) is 0 Å². The Labute approximate surface area is 154 Å². The lowest BCUT2D eigenvalue weighted by molar-refractivity contribution is -0.198. The summed E-state index contributed by atoms with van der Waals surface area (Å²) in [5, 5.41) is 31.5. The van der Waals surface area contributed by atoms with Crippen molar-refractivity contribution in [2.24, 2.45) is 22.7 Å². The molecule has 2 saturated heterocycles. The SMILES string of the molecule is CC1(C)C(O)CCC2(C)C(CC=C3C(=O)OCC3O)C3(CO3)CC(O)C12. The topological polar surface area (TPSA) is 99.5 Å². The first-order valence-electron chi connectivity index (χ1n) is 9.67. The lowest BCUT2D eigenvalue weighted by atomic mass is 9.44. The highest BCUT2D eigenvalue weighted by molar-refractivity contribution is 5.91. The molecular weight excluding hydrogens is 336 g/mol. The van der Waals surface area contributed by atoms with Crippen LogP contribution in [0.1, 0.15) is 46.5 Å². The molecular formula is C20H30O6. The summed E-state index contributed by atoms with van der Waals surface area (Å²) in [5.41, 5.74) is -0.614. The largest absolute Gasteiger partial charge is 0.459 e. The molecule has 0 aromatic rings. The first-order chi connectivity index (χ1) is 12.1. The first kappa shape index (κ1) is 18.4. The fraction of sp³-hybridized carbons (Fsp3) is 0.850. The smallest absolute Gasteiger partial charge is 0.336 e. The Bertz CT molecular complexity index is 636. The monoisotopic (exact) mass is 366 g/mol. The first-order valence-corrected chi connectivity index (χ1v) is 9.67. The molecule has 146 valence electrons. The fourth-order valence-corrected chi connectivity index (χ4v) is 6.40. The minimum Gasteiger partial charge on any atom is -0.459 e. The van der Waals surface area contributed by atoms with E-state index in [2.05, 4.69) is 6.92 Å². The van der Waals surface area contributed by atoms with Gasteiger partial charge in [-0.05, 0) is 41.9 Å². The number of cyclic esters (lactones) is 1. The highest BCUT2D eigenvalue weighted by Crippen LogP contribution is 2.66. The van der Waals surface area contributed by atoms with Crippen molar-refractivity contribution < 1.29 is 29.6 Å². The Morgan fingerprint density at radius 2 is 1.92 bits per heavy atom. The van der Waals surface area contributed by atoms with Gasteiger partial charge in [0.05, 0.1) is 30.0 Å². The van der Waals surface area contributed by atoms with E-state index >= 15 is 0 Å². The molecule has 0 radical (unpaired) electrons. The van der Waals surface area contributed by atoms with Gasteiger partial charge in [-0.3, -0.25) is 0 Å². The standard InChI is InChI=1S/C20H30O6/c1-18(2)15(23)6-7-19(3)14(5-4-11-13(22)9-25-17(11)24)20(10-26-20)8-12(21)16(18)19/h4,12-16,21-23H,5-10H2,1-3H3. The second-order valence-corrected chi connectivity index (χ2v) is 9.55. The van der Waals surface area contributed by atoms with Crippen molar-refractivity contribution in [1.29, 1.82) is 0 Å². The number of epoxide rings is 1. The number of carbonyl (C=O) groups excluding carboxylic acids is 1. The molecule has 2 aliphatic carbocycles. The highest BCUT2D eigenvalue weighted by atomic mass is 16.6. The third-order valence-electron chi connectivity index (χ3n) is 7.75. The molecule has 3 N–H and O–H groups in total. The quantitative estimate of drug-likeness (QED) is 0.385. The Balaban J connectivity index is 1.68. The maximum absolute atomic E-state index is 11.8. The van der Waals surface area contributed by atoms with Crippen LogP contribution in [-0.4, -0.2) is 58.4 Å². The van der Waals surface area contributed by atoms with Crippen LogP contribution in [0, 0.1) is 22.7 Å². The van der Waals surface area contributed by atoms with Gasteiger partial charge in [0.2, 0.25) is 0 Å². The molecule has 4 fully saturated rings. The Hall–Kier alpha value is -0.950. The van der Waals surface area contributed by atoms with Gasteiger partial charge >= 0.3 is 5.97 Å². The Morgan fingerprint density at radius 1 is 1.23 bits per heavy atom. The third-order valence-corrected chi connectivity index (χ3v) is 7.75. The molecule has 0 bridgehead atoms. The number of hydrogen-bond donors (Lipinski definition) is 3. The molecule has 26 heavy (non-hydrogen) atoms. The number of aliphatic hydroxyl groups is 3. The molecule has 7 atom stereocenters. The number of carbonyl (C=O) groups is 1. The van der Waals surface area contributed by atoms with E-state index < -0.39 is 24.3 Å². The molecule has 2 aliphatic heterocycles.